The summed E-state index contributed by atoms with van der Waals surface area (Å²) in [5.41, 5.74) is 2.99. The Morgan fingerprint density at radius 2 is 1.83 bits per heavy atom. The van der Waals surface area contributed by atoms with Crippen molar-refractivity contribution in [2.45, 2.75) is 52.9 Å². The van der Waals surface area contributed by atoms with E-state index >= 15 is 0 Å². The largest absolute Gasteiger partial charge is 0.492 e. The maximum atomic E-state index is 11.8. The molecule has 1 aromatic carbocycles. The Bertz CT molecular complexity index is 799. The lowest BCUT2D eigenvalue weighted by atomic mass is 9.87. The van der Waals surface area contributed by atoms with Crippen molar-refractivity contribution < 1.29 is 23.6 Å². The van der Waals surface area contributed by atoms with E-state index in [1.165, 1.54) is 5.56 Å². The molecule has 1 amide bonds. The summed E-state index contributed by atoms with van der Waals surface area (Å²) in [6, 6.07) is 7.91. The van der Waals surface area contributed by atoms with E-state index in [1.807, 2.05) is 31.2 Å². The molecule has 0 aliphatic rings. The van der Waals surface area contributed by atoms with Crippen LogP contribution in [0.2, 0.25) is 0 Å². The first-order valence-electron chi connectivity index (χ1n) is 9.74. The number of aryl methyl sites for hydroxylation is 2. The van der Waals surface area contributed by atoms with Crippen LogP contribution in [0.15, 0.2) is 28.8 Å². The Kier molecular flexibility index (Phi) is 7.82. The molecule has 0 saturated heterocycles. The molecule has 0 fully saturated rings. The number of hydrogen-bond acceptors (Lipinski definition) is 6. The number of amides is 1. The van der Waals surface area contributed by atoms with Crippen molar-refractivity contribution in [3.05, 3.63) is 46.8 Å². The van der Waals surface area contributed by atoms with Crippen molar-refractivity contribution in [1.82, 2.24) is 10.5 Å². The van der Waals surface area contributed by atoms with E-state index in [4.69, 9.17) is 14.0 Å². The van der Waals surface area contributed by atoms with Crippen molar-refractivity contribution in [3.8, 4) is 5.75 Å². The predicted molar refractivity (Wildman–Crippen MR) is 109 cm³/mol. The van der Waals surface area contributed by atoms with Crippen molar-refractivity contribution in [2.75, 3.05) is 19.8 Å². The second-order valence-corrected chi connectivity index (χ2v) is 7.94. The van der Waals surface area contributed by atoms with Crippen molar-refractivity contribution >= 4 is 11.9 Å². The third-order valence-electron chi connectivity index (χ3n) is 4.54. The number of nitrogens with one attached hydrogen (secondary N) is 1. The average molecular weight is 402 g/mol. The maximum absolute atomic E-state index is 11.8. The monoisotopic (exact) mass is 402 g/mol. The van der Waals surface area contributed by atoms with E-state index in [1.54, 1.807) is 6.92 Å². The van der Waals surface area contributed by atoms with Crippen LogP contribution in [0.5, 0.6) is 5.75 Å². The number of carbonyl (C=O) groups is 2. The Balaban J connectivity index is 1.60. The Morgan fingerprint density at radius 1 is 1.14 bits per heavy atom. The first-order valence-corrected chi connectivity index (χ1v) is 9.74. The number of rotatable bonds is 9. The molecule has 7 nitrogen and oxygen atoms in total. The summed E-state index contributed by atoms with van der Waals surface area (Å²) in [5, 5.41) is 6.51. The van der Waals surface area contributed by atoms with Crippen LogP contribution in [-0.2, 0) is 26.2 Å². The van der Waals surface area contributed by atoms with Crippen LogP contribution < -0.4 is 10.1 Å². The van der Waals surface area contributed by atoms with Crippen molar-refractivity contribution in [2.24, 2.45) is 0 Å². The van der Waals surface area contributed by atoms with Gasteiger partial charge in [0, 0.05) is 12.0 Å². The summed E-state index contributed by atoms with van der Waals surface area (Å²) in [7, 11) is 0. The standard InChI is InChI=1S/C22H30N2O5/c1-15-19(16(2)29-24-15)10-11-21(26)28-14-20(25)23-12-13-27-18-8-6-17(7-9-18)22(3,4)5/h6-9H,10-14H2,1-5H3,(H,23,25). The van der Waals surface area contributed by atoms with Crippen LogP contribution in [0, 0.1) is 13.8 Å². The SMILES string of the molecule is Cc1noc(C)c1CCC(=O)OCC(=O)NCCOc1ccc(C(C)(C)C)cc1. The van der Waals surface area contributed by atoms with Crippen LogP contribution >= 0.6 is 0 Å². The molecular formula is C22H30N2O5. The van der Waals surface area contributed by atoms with Gasteiger partial charge in [0.25, 0.3) is 5.91 Å². The molecule has 0 aliphatic carbocycles. The molecule has 7 heteroatoms. The highest BCUT2D eigenvalue weighted by molar-refractivity contribution is 5.80. The lowest BCUT2D eigenvalue weighted by molar-refractivity contribution is -0.148. The van der Waals surface area contributed by atoms with Crippen LogP contribution in [0.4, 0.5) is 0 Å². The van der Waals surface area contributed by atoms with Crippen LogP contribution in [0.25, 0.3) is 0 Å². The summed E-state index contributed by atoms with van der Waals surface area (Å²) in [4.78, 5) is 23.6. The second-order valence-electron chi connectivity index (χ2n) is 7.94. The minimum Gasteiger partial charge on any atom is -0.492 e. The van der Waals surface area contributed by atoms with Gasteiger partial charge in [-0.1, -0.05) is 38.1 Å². The third-order valence-corrected chi connectivity index (χ3v) is 4.54. The summed E-state index contributed by atoms with van der Waals surface area (Å²) < 4.78 is 15.7. The van der Waals surface area contributed by atoms with Gasteiger partial charge in [0.05, 0.1) is 12.2 Å². The van der Waals surface area contributed by atoms with E-state index in [-0.39, 0.29) is 24.3 Å². The maximum Gasteiger partial charge on any atom is 0.306 e. The normalized spacial score (nSPS) is 11.2. The highest BCUT2D eigenvalue weighted by Crippen LogP contribution is 2.24. The molecule has 1 aromatic heterocycles. The zero-order chi connectivity index (χ0) is 21.4. The average Bonchev–Trinajstić information content (AvgIpc) is 2.99. The van der Waals surface area contributed by atoms with Gasteiger partial charge in [-0.3, -0.25) is 9.59 Å². The zero-order valence-electron chi connectivity index (χ0n) is 17.8. The van der Waals surface area contributed by atoms with Gasteiger partial charge in [-0.25, -0.2) is 0 Å². The fourth-order valence-corrected chi connectivity index (χ4v) is 2.77. The molecule has 0 unspecified atom stereocenters. The second kappa shape index (κ2) is 10.1. The van der Waals surface area contributed by atoms with Gasteiger partial charge in [0.2, 0.25) is 0 Å². The molecule has 0 aliphatic heterocycles. The Labute approximate surface area is 171 Å². The zero-order valence-corrected chi connectivity index (χ0v) is 17.8. The number of esters is 1. The highest BCUT2D eigenvalue weighted by atomic mass is 16.5. The van der Waals surface area contributed by atoms with E-state index < -0.39 is 5.97 Å². The first-order chi connectivity index (χ1) is 13.7. The lowest BCUT2D eigenvalue weighted by Crippen LogP contribution is -2.32. The number of benzene rings is 1. The summed E-state index contributed by atoms with van der Waals surface area (Å²) >= 11 is 0. The number of carbonyl (C=O) groups excluding carboxylic acids is 2. The van der Waals surface area contributed by atoms with Crippen LogP contribution in [0.1, 0.15) is 49.8 Å². The van der Waals surface area contributed by atoms with Gasteiger partial charge >= 0.3 is 5.97 Å². The van der Waals surface area contributed by atoms with Gasteiger partial charge in [-0.15, -0.1) is 0 Å². The molecule has 158 valence electrons. The molecule has 2 rings (SSSR count). The minimum absolute atomic E-state index is 0.0943. The van der Waals surface area contributed by atoms with Gasteiger partial charge in [0.15, 0.2) is 6.61 Å². The van der Waals surface area contributed by atoms with Crippen LogP contribution in [-0.4, -0.2) is 36.8 Å². The molecule has 29 heavy (non-hydrogen) atoms. The number of aromatic nitrogens is 1. The Morgan fingerprint density at radius 3 is 2.41 bits per heavy atom. The van der Waals surface area contributed by atoms with E-state index in [0.717, 1.165) is 17.0 Å². The van der Waals surface area contributed by atoms with Crippen LogP contribution in [0.3, 0.4) is 0 Å². The Hall–Kier alpha value is -2.83. The first kappa shape index (κ1) is 22.5. The summed E-state index contributed by atoms with van der Waals surface area (Å²) in [5.74, 6) is 0.650. The molecule has 0 radical (unpaired) electrons. The fourth-order valence-electron chi connectivity index (χ4n) is 2.77. The van der Waals surface area contributed by atoms with E-state index in [2.05, 4.69) is 31.2 Å². The van der Waals surface area contributed by atoms with E-state index in [9.17, 15) is 9.59 Å². The van der Waals surface area contributed by atoms with Gasteiger partial charge in [-0.2, -0.15) is 0 Å². The molecule has 1 heterocycles. The van der Waals surface area contributed by atoms with Gasteiger partial charge in [-0.05, 0) is 43.4 Å². The van der Waals surface area contributed by atoms with Gasteiger partial charge in [0.1, 0.15) is 18.1 Å². The lowest BCUT2D eigenvalue weighted by Gasteiger charge is -2.19. The number of hydrogen-bond donors (Lipinski definition) is 1. The molecule has 0 bridgehead atoms. The topological polar surface area (TPSA) is 90.7 Å². The van der Waals surface area contributed by atoms with Gasteiger partial charge < -0.3 is 19.3 Å². The number of ether oxygens (including phenoxy) is 2. The quantitative estimate of drug-likeness (QED) is 0.511. The van der Waals surface area contributed by atoms with Crippen molar-refractivity contribution in [1.29, 1.82) is 0 Å². The molecule has 1 N–H and O–H groups in total. The molecule has 0 spiro atoms. The highest BCUT2D eigenvalue weighted by Gasteiger charge is 2.14. The minimum atomic E-state index is -0.435. The molecule has 0 atom stereocenters. The molecule has 2 aromatic rings. The van der Waals surface area contributed by atoms with Crippen molar-refractivity contribution in [3.63, 3.8) is 0 Å². The molecule has 0 saturated carbocycles. The van der Waals surface area contributed by atoms with E-state index in [0.29, 0.717) is 25.3 Å². The summed E-state index contributed by atoms with van der Waals surface area (Å²) in [6.07, 6.45) is 0.646. The third kappa shape index (κ3) is 7.25. The predicted octanol–water partition coefficient (Wildman–Crippen LogP) is 3.26. The smallest absolute Gasteiger partial charge is 0.306 e. The molecular weight excluding hydrogens is 372 g/mol. The summed E-state index contributed by atoms with van der Waals surface area (Å²) in [6.45, 7) is 10.4. The fraction of sp³-hybridized carbons (Fsp3) is 0.500. The number of nitrogens with zero attached hydrogens (tertiary/aromatic N) is 1.